The summed E-state index contributed by atoms with van der Waals surface area (Å²) in [6, 6.07) is 25.5. The van der Waals surface area contributed by atoms with Gasteiger partial charge in [-0.2, -0.15) is 0 Å². The summed E-state index contributed by atoms with van der Waals surface area (Å²) < 4.78 is 12.3. The molecular weight excluding hydrogens is 524 g/mol. The SMILES string of the molecule is COC(=O)c1ccc2c3c1OC1[C@H](N(Cc4ccccc4)Cc4ccccc4)CC[C@@]4(O)[C@@H](C2)N(CC2CC2)CC[C@]314. The number of carbonyl (C=O) groups excluding carboxylic acids is 1. The summed E-state index contributed by atoms with van der Waals surface area (Å²) >= 11 is 0. The summed E-state index contributed by atoms with van der Waals surface area (Å²) in [5, 5.41) is 13.0. The molecule has 2 heterocycles. The number of methoxy groups -OCH3 is 1. The van der Waals surface area contributed by atoms with E-state index in [1.165, 1.54) is 36.6 Å². The van der Waals surface area contributed by atoms with Crippen LogP contribution in [0.15, 0.2) is 72.8 Å². The van der Waals surface area contributed by atoms with Crippen LogP contribution in [-0.2, 0) is 29.7 Å². The summed E-state index contributed by atoms with van der Waals surface area (Å²) in [5.41, 5.74) is 3.87. The van der Waals surface area contributed by atoms with Crippen molar-refractivity contribution in [1.82, 2.24) is 9.80 Å². The molecule has 3 aromatic rings. The maximum Gasteiger partial charge on any atom is 0.341 e. The fourth-order valence-electron chi connectivity index (χ4n) is 9.04. The molecule has 5 aliphatic rings. The summed E-state index contributed by atoms with van der Waals surface area (Å²) in [5.74, 6) is 1.05. The Hall–Kier alpha value is -3.19. The van der Waals surface area contributed by atoms with E-state index in [0.717, 1.165) is 63.3 Å². The number of ether oxygens (including phenoxy) is 2. The molecule has 0 radical (unpaired) electrons. The lowest BCUT2D eigenvalue weighted by Gasteiger charge is -2.65. The Kier molecular flexibility index (Phi) is 6.25. The van der Waals surface area contributed by atoms with Crippen LogP contribution >= 0.6 is 0 Å². The molecule has 6 nitrogen and oxygen atoms in total. The molecule has 2 bridgehead atoms. The normalized spacial score (nSPS) is 31.0. The number of hydrogen-bond donors (Lipinski definition) is 1. The second-order valence-electron chi connectivity index (χ2n) is 13.3. The van der Waals surface area contributed by atoms with Crippen LogP contribution in [0.1, 0.15) is 64.7 Å². The highest BCUT2D eigenvalue weighted by atomic mass is 16.5. The maximum atomic E-state index is 13.0. The topological polar surface area (TPSA) is 62.2 Å². The first-order valence-corrected chi connectivity index (χ1v) is 15.7. The lowest BCUT2D eigenvalue weighted by atomic mass is 9.48. The highest BCUT2D eigenvalue weighted by Crippen LogP contribution is 2.65. The molecule has 1 saturated heterocycles. The Morgan fingerprint density at radius 1 is 0.976 bits per heavy atom. The van der Waals surface area contributed by atoms with Gasteiger partial charge in [0.25, 0.3) is 0 Å². The first kappa shape index (κ1) is 26.4. The van der Waals surface area contributed by atoms with Gasteiger partial charge in [0.05, 0.1) is 18.1 Å². The molecule has 1 unspecified atom stereocenters. The first-order chi connectivity index (χ1) is 20.5. The number of benzene rings is 3. The fraction of sp³-hybridized carbons (Fsp3) is 0.472. The fourth-order valence-corrected chi connectivity index (χ4v) is 9.04. The van der Waals surface area contributed by atoms with E-state index >= 15 is 0 Å². The molecule has 0 aromatic heterocycles. The molecule has 2 saturated carbocycles. The first-order valence-electron chi connectivity index (χ1n) is 15.7. The van der Waals surface area contributed by atoms with Crippen molar-refractivity contribution in [1.29, 1.82) is 0 Å². The van der Waals surface area contributed by atoms with Crippen LogP contribution in [0.3, 0.4) is 0 Å². The molecule has 2 aliphatic heterocycles. The van der Waals surface area contributed by atoms with E-state index in [1.54, 1.807) is 0 Å². The minimum absolute atomic E-state index is 0.0676. The van der Waals surface area contributed by atoms with Gasteiger partial charge in [-0.05, 0) is 73.7 Å². The third kappa shape index (κ3) is 3.91. The highest BCUT2D eigenvalue weighted by molar-refractivity contribution is 5.94. The smallest absolute Gasteiger partial charge is 0.341 e. The molecular formula is C36H40N2O4. The zero-order valence-electron chi connectivity index (χ0n) is 24.4. The Morgan fingerprint density at radius 2 is 1.67 bits per heavy atom. The molecule has 3 fully saturated rings. The Labute approximate surface area is 248 Å². The lowest BCUT2D eigenvalue weighted by molar-refractivity contribution is -0.201. The molecule has 218 valence electrons. The van der Waals surface area contributed by atoms with Crippen molar-refractivity contribution in [2.75, 3.05) is 20.2 Å². The number of piperidine rings is 1. The predicted octanol–water partition coefficient (Wildman–Crippen LogP) is 5.11. The van der Waals surface area contributed by atoms with E-state index in [4.69, 9.17) is 9.47 Å². The lowest BCUT2D eigenvalue weighted by Crippen LogP contribution is -2.78. The Bertz CT molecular complexity index is 1450. The summed E-state index contributed by atoms with van der Waals surface area (Å²) in [7, 11) is 1.43. The van der Waals surface area contributed by atoms with Gasteiger partial charge in [-0.3, -0.25) is 9.80 Å². The van der Waals surface area contributed by atoms with Gasteiger partial charge in [0.1, 0.15) is 17.4 Å². The highest BCUT2D eigenvalue weighted by Gasteiger charge is 2.73. The second-order valence-corrected chi connectivity index (χ2v) is 13.3. The van der Waals surface area contributed by atoms with Crippen LogP contribution in [0.25, 0.3) is 0 Å². The van der Waals surface area contributed by atoms with Crippen molar-refractivity contribution in [3.63, 3.8) is 0 Å². The predicted molar refractivity (Wildman–Crippen MR) is 160 cm³/mol. The Morgan fingerprint density at radius 3 is 2.31 bits per heavy atom. The number of rotatable bonds is 8. The zero-order chi connectivity index (χ0) is 28.5. The molecule has 0 amide bonds. The van der Waals surface area contributed by atoms with Crippen molar-refractivity contribution >= 4 is 5.97 Å². The van der Waals surface area contributed by atoms with Gasteiger partial charge in [0, 0.05) is 37.3 Å². The molecule has 5 atom stereocenters. The number of carbonyl (C=O) groups is 1. The Balaban J connectivity index is 1.25. The van der Waals surface area contributed by atoms with Crippen LogP contribution in [0, 0.1) is 5.92 Å². The van der Waals surface area contributed by atoms with Crippen molar-refractivity contribution in [2.45, 2.75) is 80.8 Å². The van der Waals surface area contributed by atoms with E-state index in [9.17, 15) is 9.90 Å². The molecule has 3 aromatic carbocycles. The molecule has 1 N–H and O–H groups in total. The van der Waals surface area contributed by atoms with Gasteiger partial charge in [-0.15, -0.1) is 0 Å². The molecule has 1 spiro atoms. The number of likely N-dealkylation sites (tertiary alicyclic amines) is 1. The van der Waals surface area contributed by atoms with Crippen molar-refractivity contribution < 1.29 is 19.4 Å². The minimum atomic E-state index is -0.903. The quantitative estimate of drug-likeness (QED) is 0.384. The molecule has 8 rings (SSSR count). The molecule has 3 aliphatic carbocycles. The van der Waals surface area contributed by atoms with Crippen LogP contribution in [0.5, 0.6) is 5.75 Å². The second kappa shape index (κ2) is 9.94. The number of hydrogen-bond acceptors (Lipinski definition) is 6. The third-order valence-corrected chi connectivity index (χ3v) is 11.1. The third-order valence-electron chi connectivity index (χ3n) is 11.1. The molecule has 42 heavy (non-hydrogen) atoms. The summed E-state index contributed by atoms with van der Waals surface area (Å²) in [4.78, 5) is 18.2. The van der Waals surface area contributed by atoms with Crippen molar-refractivity contribution in [3.05, 3.63) is 101 Å². The van der Waals surface area contributed by atoms with Gasteiger partial charge in [-0.25, -0.2) is 4.79 Å². The van der Waals surface area contributed by atoms with E-state index < -0.39 is 11.0 Å². The van der Waals surface area contributed by atoms with Crippen LogP contribution in [0.2, 0.25) is 0 Å². The number of esters is 1. The molecule has 6 heteroatoms. The number of nitrogens with zero attached hydrogens (tertiary/aromatic N) is 2. The van der Waals surface area contributed by atoms with Crippen molar-refractivity contribution in [3.8, 4) is 5.75 Å². The monoisotopic (exact) mass is 564 g/mol. The average molecular weight is 565 g/mol. The average Bonchev–Trinajstić information content (AvgIpc) is 3.76. The van der Waals surface area contributed by atoms with Crippen molar-refractivity contribution in [2.24, 2.45) is 5.92 Å². The standard InChI is InChI=1S/C36H40N2O4/c1-41-34(39)28-15-14-27-20-30-36(40)17-16-29(38(22-24-8-4-2-5-9-24)23-25-10-6-3-7-11-25)33-35(36,31(27)32(28)42-33)18-19-37(30)21-26-12-13-26/h2-11,14-15,26,29-30,33,40H,12-13,16-23H2,1H3/t29-,30-,33?,35+,36-/m1/s1. The van der Waals surface area contributed by atoms with Crippen LogP contribution in [0.4, 0.5) is 0 Å². The van der Waals surface area contributed by atoms with E-state index in [-0.39, 0.29) is 24.2 Å². The van der Waals surface area contributed by atoms with Crippen LogP contribution in [-0.4, -0.2) is 64.9 Å². The van der Waals surface area contributed by atoms with Crippen LogP contribution < -0.4 is 4.74 Å². The largest absolute Gasteiger partial charge is 0.487 e. The van der Waals surface area contributed by atoms with Gasteiger partial charge < -0.3 is 14.6 Å². The van der Waals surface area contributed by atoms with E-state index in [1.807, 2.05) is 6.07 Å². The van der Waals surface area contributed by atoms with Gasteiger partial charge >= 0.3 is 5.97 Å². The van der Waals surface area contributed by atoms with E-state index in [2.05, 4.69) is 76.5 Å². The zero-order valence-corrected chi connectivity index (χ0v) is 24.4. The number of aliphatic hydroxyl groups is 1. The van der Waals surface area contributed by atoms with Gasteiger partial charge in [0.2, 0.25) is 0 Å². The summed E-state index contributed by atoms with van der Waals surface area (Å²) in [6.45, 7) is 3.61. The summed E-state index contributed by atoms with van der Waals surface area (Å²) in [6.07, 6.45) is 5.55. The van der Waals surface area contributed by atoms with Gasteiger partial charge in [0.15, 0.2) is 0 Å². The van der Waals surface area contributed by atoms with Gasteiger partial charge in [-0.1, -0.05) is 66.7 Å². The van der Waals surface area contributed by atoms with E-state index in [0.29, 0.717) is 11.3 Å². The minimum Gasteiger partial charge on any atom is -0.487 e. The maximum absolute atomic E-state index is 13.0.